The summed E-state index contributed by atoms with van der Waals surface area (Å²) in [6.07, 6.45) is 3.83. The third kappa shape index (κ3) is 2.52. The van der Waals surface area contributed by atoms with Gasteiger partial charge in [-0.2, -0.15) is 0 Å². The predicted octanol–water partition coefficient (Wildman–Crippen LogP) is 4.62. The largest absolute Gasteiger partial charge is 0.370 e. The van der Waals surface area contributed by atoms with Crippen LogP contribution in [-0.4, -0.2) is 18.1 Å². The number of piperidine rings is 1. The fourth-order valence-electron chi connectivity index (χ4n) is 2.69. The first-order valence-electron chi connectivity index (χ1n) is 6.68. The lowest BCUT2D eigenvalue weighted by molar-refractivity contribution is 0.579. The molecule has 0 spiro atoms. The number of aromatic nitrogens is 1. The van der Waals surface area contributed by atoms with Crippen LogP contribution in [-0.2, 0) is 5.88 Å². The van der Waals surface area contributed by atoms with Crippen molar-refractivity contribution in [3.8, 4) is 0 Å². The van der Waals surface area contributed by atoms with Crippen molar-refractivity contribution in [1.82, 2.24) is 4.98 Å². The Kier molecular flexibility index (Phi) is 3.81. The van der Waals surface area contributed by atoms with Gasteiger partial charge < -0.3 is 4.90 Å². The number of anilines is 1. The number of hydrogen-bond donors (Lipinski definition) is 0. The molecule has 0 atom stereocenters. The van der Waals surface area contributed by atoms with Crippen molar-refractivity contribution in [2.45, 2.75) is 25.1 Å². The predicted molar refractivity (Wildman–Crippen MR) is 82.4 cm³/mol. The minimum atomic E-state index is 0.399. The Morgan fingerprint density at radius 2 is 1.95 bits per heavy atom. The van der Waals surface area contributed by atoms with Crippen molar-refractivity contribution < 1.29 is 0 Å². The molecular weight excluding hydrogens is 279 g/mol. The van der Waals surface area contributed by atoms with Crippen LogP contribution >= 0.6 is 23.2 Å². The van der Waals surface area contributed by atoms with Gasteiger partial charge in [0.25, 0.3) is 0 Å². The SMILES string of the molecule is ClCc1cc2cccc(N3CCCCC3)c2nc1Cl. The summed E-state index contributed by atoms with van der Waals surface area (Å²) in [5.74, 6) is 0.399. The van der Waals surface area contributed by atoms with Gasteiger partial charge in [0.2, 0.25) is 0 Å². The highest BCUT2D eigenvalue weighted by molar-refractivity contribution is 6.31. The summed E-state index contributed by atoms with van der Waals surface area (Å²) >= 11 is 12.1. The molecule has 4 heteroatoms. The highest BCUT2D eigenvalue weighted by Gasteiger charge is 2.15. The lowest BCUT2D eigenvalue weighted by Crippen LogP contribution is -2.29. The van der Waals surface area contributed by atoms with E-state index in [0.29, 0.717) is 11.0 Å². The van der Waals surface area contributed by atoms with E-state index in [1.165, 1.54) is 24.9 Å². The number of nitrogens with zero attached hydrogens (tertiary/aromatic N) is 2. The number of benzene rings is 1. The summed E-state index contributed by atoms with van der Waals surface area (Å²) in [4.78, 5) is 6.97. The molecule has 0 unspecified atom stereocenters. The average Bonchev–Trinajstić information content (AvgIpc) is 2.47. The standard InChI is InChI=1S/C15H16Cl2N2/c16-10-12-9-11-5-4-6-13(14(11)18-15(12)17)19-7-2-1-3-8-19/h4-6,9H,1-3,7-8,10H2. The van der Waals surface area contributed by atoms with E-state index in [1.54, 1.807) is 0 Å². The first-order chi connectivity index (χ1) is 9.29. The van der Waals surface area contributed by atoms with Gasteiger partial charge in [-0.05, 0) is 31.4 Å². The summed E-state index contributed by atoms with van der Waals surface area (Å²) < 4.78 is 0. The third-order valence-electron chi connectivity index (χ3n) is 3.69. The second-order valence-corrected chi connectivity index (χ2v) is 5.59. The molecule has 0 bridgehead atoms. The van der Waals surface area contributed by atoms with Crippen molar-refractivity contribution in [3.05, 3.63) is 35.0 Å². The van der Waals surface area contributed by atoms with E-state index in [4.69, 9.17) is 23.2 Å². The Bertz CT molecular complexity index is 592. The molecule has 100 valence electrons. The van der Waals surface area contributed by atoms with Crippen molar-refractivity contribution in [2.75, 3.05) is 18.0 Å². The Hall–Kier alpha value is -0.990. The van der Waals surface area contributed by atoms with Crippen LogP contribution in [0.25, 0.3) is 10.9 Å². The second-order valence-electron chi connectivity index (χ2n) is 4.97. The minimum absolute atomic E-state index is 0.399. The minimum Gasteiger partial charge on any atom is -0.370 e. The van der Waals surface area contributed by atoms with E-state index in [2.05, 4.69) is 28.1 Å². The molecule has 2 aromatic rings. The normalized spacial score (nSPS) is 16.0. The molecule has 19 heavy (non-hydrogen) atoms. The summed E-state index contributed by atoms with van der Waals surface area (Å²) in [5.41, 5.74) is 3.08. The monoisotopic (exact) mass is 294 g/mol. The second kappa shape index (κ2) is 5.56. The topological polar surface area (TPSA) is 16.1 Å². The zero-order valence-electron chi connectivity index (χ0n) is 10.7. The Balaban J connectivity index is 2.11. The lowest BCUT2D eigenvalue weighted by Gasteiger charge is -2.29. The molecule has 1 aromatic carbocycles. The highest BCUT2D eigenvalue weighted by atomic mass is 35.5. The molecule has 3 rings (SSSR count). The number of rotatable bonds is 2. The summed E-state index contributed by atoms with van der Waals surface area (Å²) in [5, 5.41) is 1.63. The number of alkyl halides is 1. The van der Waals surface area contributed by atoms with Gasteiger partial charge in [-0.3, -0.25) is 0 Å². The Morgan fingerprint density at radius 3 is 2.68 bits per heavy atom. The van der Waals surface area contributed by atoms with Crippen molar-refractivity contribution in [2.24, 2.45) is 0 Å². The first kappa shape index (κ1) is 13.0. The average molecular weight is 295 g/mol. The van der Waals surface area contributed by atoms with Gasteiger partial charge >= 0.3 is 0 Å². The van der Waals surface area contributed by atoms with Crippen molar-refractivity contribution in [3.63, 3.8) is 0 Å². The van der Waals surface area contributed by atoms with Gasteiger partial charge in [-0.25, -0.2) is 4.98 Å². The van der Waals surface area contributed by atoms with E-state index in [0.717, 1.165) is 29.6 Å². The van der Waals surface area contributed by atoms with Crippen LogP contribution in [0.2, 0.25) is 5.15 Å². The maximum atomic E-state index is 6.20. The van der Waals surface area contributed by atoms with Crippen molar-refractivity contribution in [1.29, 1.82) is 0 Å². The Labute approximate surface area is 123 Å². The molecule has 1 fully saturated rings. The van der Waals surface area contributed by atoms with E-state index in [1.807, 2.05) is 6.07 Å². The van der Waals surface area contributed by atoms with Gasteiger partial charge in [-0.15, -0.1) is 11.6 Å². The summed E-state index contributed by atoms with van der Waals surface area (Å²) in [6.45, 7) is 2.21. The molecule has 1 aromatic heterocycles. The van der Waals surface area contributed by atoms with Crippen LogP contribution in [0.5, 0.6) is 0 Å². The van der Waals surface area contributed by atoms with Gasteiger partial charge in [0, 0.05) is 24.0 Å². The number of para-hydroxylation sites is 1. The number of hydrogen-bond acceptors (Lipinski definition) is 2. The maximum Gasteiger partial charge on any atom is 0.134 e. The zero-order chi connectivity index (χ0) is 13.2. The maximum absolute atomic E-state index is 6.20. The van der Waals surface area contributed by atoms with Crippen LogP contribution < -0.4 is 4.90 Å². The number of pyridine rings is 1. The molecule has 0 amide bonds. The zero-order valence-corrected chi connectivity index (χ0v) is 12.2. The van der Waals surface area contributed by atoms with Crippen LogP contribution in [0.4, 0.5) is 5.69 Å². The third-order valence-corrected chi connectivity index (χ3v) is 4.31. The lowest BCUT2D eigenvalue weighted by atomic mass is 10.1. The van der Waals surface area contributed by atoms with E-state index >= 15 is 0 Å². The summed E-state index contributed by atoms with van der Waals surface area (Å²) in [6, 6.07) is 8.34. The number of fused-ring (bicyclic) bond motifs is 1. The van der Waals surface area contributed by atoms with Gasteiger partial charge in [-0.1, -0.05) is 23.7 Å². The summed E-state index contributed by atoms with van der Waals surface area (Å²) in [7, 11) is 0. The Morgan fingerprint density at radius 1 is 1.16 bits per heavy atom. The molecule has 1 saturated heterocycles. The molecule has 2 nitrogen and oxygen atoms in total. The van der Waals surface area contributed by atoms with Crippen molar-refractivity contribution >= 4 is 39.8 Å². The van der Waals surface area contributed by atoms with Gasteiger partial charge in [0.05, 0.1) is 17.1 Å². The fraction of sp³-hybridized carbons (Fsp3) is 0.400. The fourth-order valence-corrected chi connectivity index (χ4v) is 3.17. The number of halogens is 2. The molecule has 0 saturated carbocycles. The van der Waals surface area contributed by atoms with E-state index in [-0.39, 0.29) is 0 Å². The van der Waals surface area contributed by atoms with Gasteiger partial charge in [0.15, 0.2) is 0 Å². The van der Waals surface area contributed by atoms with E-state index < -0.39 is 0 Å². The molecule has 0 radical (unpaired) electrons. The quantitative estimate of drug-likeness (QED) is 0.594. The first-order valence-corrected chi connectivity index (χ1v) is 7.60. The molecule has 1 aliphatic heterocycles. The van der Waals surface area contributed by atoms with Gasteiger partial charge in [0.1, 0.15) is 5.15 Å². The molecule has 2 heterocycles. The van der Waals surface area contributed by atoms with Crippen LogP contribution in [0, 0.1) is 0 Å². The molecule has 1 aliphatic rings. The smallest absolute Gasteiger partial charge is 0.134 e. The van der Waals surface area contributed by atoms with Crippen LogP contribution in [0.15, 0.2) is 24.3 Å². The highest BCUT2D eigenvalue weighted by Crippen LogP contribution is 2.30. The molecule has 0 aliphatic carbocycles. The van der Waals surface area contributed by atoms with Crippen LogP contribution in [0.1, 0.15) is 24.8 Å². The molecular formula is C15H16Cl2N2. The van der Waals surface area contributed by atoms with E-state index in [9.17, 15) is 0 Å². The van der Waals surface area contributed by atoms with Crippen LogP contribution in [0.3, 0.4) is 0 Å². The molecule has 0 N–H and O–H groups in total.